The Bertz CT molecular complexity index is 517. The van der Waals surface area contributed by atoms with Crippen LogP contribution in [0.3, 0.4) is 0 Å². The van der Waals surface area contributed by atoms with Crippen LogP contribution in [0.4, 0.5) is 4.79 Å². The lowest BCUT2D eigenvalue weighted by Crippen LogP contribution is -2.47. The summed E-state index contributed by atoms with van der Waals surface area (Å²) in [5.41, 5.74) is 2.13. The molecule has 0 aliphatic rings. The summed E-state index contributed by atoms with van der Waals surface area (Å²) < 4.78 is 5.33. The molecule has 0 aromatic heterocycles. The number of benzene rings is 1. The summed E-state index contributed by atoms with van der Waals surface area (Å²) in [5, 5.41) is 4.63. The van der Waals surface area contributed by atoms with Crippen molar-refractivity contribution in [2.45, 2.75) is 26.4 Å². The van der Waals surface area contributed by atoms with Crippen molar-refractivity contribution in [2.24, 2.45) is 0 Å². The number of carbonyl (C=O) groups excluding carboxylic acids is 2. The van der Waals surface area contributed by atoms with Crippen molar-refractivity contribution in [2.75, 3.05) is 21.2 Å². The number of imide groups is 1. The second-order valence-corrected chi connectivity index (χ2v) is 4.97. The number of likely N-dealkylation sites (N-methyl/N-ethyl adjacent to an activating group) is 1. The summed E-state index contributed by atoms with van der Waals surface area (Å²) >= 11 is 0. The highest BCUT2D eigenvalue weighted by Gasteiger charge is 2.20. The zero-order chi connectivity index (χ0) is 16.0. The van der Waals surface area contributed by atoms with Gasteiger partial charge in [0.1, 0.15) is 5.75 Å². The van der Waals surface area contributed by atoms with Crippen molar-refractivity contribution in [1.82, 2.24) is 15.5 Å². The zero-order valence-corrected chi connectivity index (χ0v) is 13.2. The average Bonchev–Trinajstić information content (AvgIpc) is 2.46. The molecule has 116 valence electrons. The summed E-state index contributed by atoms with van der Waals surface area (Å²) in [6.45, 7) is 4.30. The van der Waals surface area contributed by atoms with Gasteiger partial charge in [-0.2, -0.15) is 0 Å². The summed E-state index contributed by atoms with van der Waals surface area (Å²) in [5.74, 6) is 0.440. The summed E-state index contributed by atoms with van der Waals surface area (Å²) in [7, 11) is 4.92. The number of ether oxygens (including phenoxy) is 1. The third-order valence-corrected chi connectivity index (χ3v) is 3.36. The maximum Gasteiger partial charge on any atom is 0.321 e. The summed E-state index contributed by atoms with van der Waals surface area (Å²) in [4.78, 5) is 24.9. The van der Waals surface area contributed by atoms with Gasteiger partial charge >= 0.3 is 6.03 Å². The Hall–Kier alpha value is -2.08. The van der Waals surface area contributed by atoms with Gasteiger partial charge in [-0.15, -0.1) is 0 Å². The third-order valence-electron chi connectivity index (χ3n) is 3.36. The Morgan fingerprint density at radius 3 is 2.62 bits per heavy atom. The first-order valence-electron chi connectivity index (χ1n) is 6.75. The van der Waals surface area contributed by atoms with Crippen LogP contribution in [0, 0.1) is 6.92 Å². The van der Waals surface area contributed by atoms with Gasteiger partial charge in [0, 0.05) is 19.2 Å². The standard InChI is InChI=1S/C15H23N3O3/c1-10-6-7-13(21-5)12(8-10)9-18(4)11(2)14(19)17-15(20)16-3/h6-8,11H,9H2,1-5H3,(H2,16,17,19,20)/t11-/m1/s1. The van der Waals surface area contributed by atoms with Gasteiger partial charge < -0.3 is 10.1 Å². The maximum absolute atomic E-state index is 11.9. The van der Waals surface area contributed by atoms with Crippen LogP contribution in [0.2, 0.25) is 0 Å². The van der Waals surface area contributed by atoms with Gasteiger partial charge in [0.05, 0.1) is 13.2 Å². The van der Waals surface area contributed by atoms with E-state index in [0.717, 1.165) is 16.9 Å². The molecule has 1 atom stereocenters. The van der Waals surface area contributed by atoms with Crippen LogP contribution in [0.25, 0.3) is 0 Å². The molecular formula is C15H23N3O3. The van der Waals surface area contributed by atoms with Gasteiger partial charge in [0.15, 0.2) is 0 Å². The molecule has 0 unspecified atom stereocenters. The van der Waals surface area contributed by atoms with Crippen molar-refractivity contribution in [1.29, 1.82) is 0 Å². The van der Waals surface area contributed by atoms with Crippen LogP contribution in [0.1, 0.15) is 18.1 Å². The number of hydrogen-bond acceptors (Lipinski definition) is 4. The van der Waals surface area contributed by atoms with E-state index >= 15 is 0 Å². The Morgan fingerprint density at radius 2 is 2.05 bits per heavy atom. The molecule has 1 rings (SSSR count). The number of methoxy groups -OCH3 is 1. The molecule has 0 spiro atoms. The fraction of sp³-hybridized carbons (Fsp3) is 0.467. The highest BCUT2D eigenvalue weighted by atomic mass is 16.5. The Morgan fingerprint density at radius 1 is 1.38 bits per heavy atom. The minimum absolute atomic E-state index is 0.344. The van der Waals surface area contributed by atoms with Crippen LogP contribution in [0.5, 0.6) is 5.75 Å². The van der Waals surface area contributed by atoms with Gasteiger partial charge in [-0.25, -0.2) is 4.79 Å². The zero-order valence-electron chi connectivity index (χ0n) is 13.2. The molecule has 3 amide bonds. The largest absolute Gasteiger partial charge is 0.496 e. The van der Waals surface area contributed by atoms with E-state index < -0.39 is 12.1 Å². The van der Waals surface area contributed by atoms with E-state index in [1.807, 2.05) is 37.1 Å². The smallest absolute Gasteiger partial charge is 0.321 e. The molecule has 1 aromatic carbocycles. The molecule has 0 aliphatic carbocycles. The van der Waals surface area contributed by atoms with Crippen LogP contribution in [-0.4, -0.2) is 44.1 Å². The topological polar surface area (TPSA) is 70.7 Å². The average molecular weight is 293 g/mol. The first-order valence-corrected chi connectivity index (χ1v) is 6.75. The highest BCUT2D eigenvalue weighted by Crippen LogP contribution is 2.21. The van der Waals surface area contributed by atoms with Gasteiger partial charge in [0.2, 0.25) is 5.91 Å². The molecule has 0 heterocycles. The summed E-state index contributed by atoms with van der Waals surface area (Å²) in [6, 6.07) is 4.97. The van der Waals surface area contributed by atoms with E-state index in [0.29, 0.717) is 6.54 Å². The fourth-order valence-corrected chi connectivity index (χ4v) is 1.92. The van der Waals surface area contributed by atoms with Gasteiger partial charge in [-0.05, 0) is 27.0 Å². The number of rotatable bonds is 5. The molecular weight excluding hydrogens is 270 g/mol. The highest BCUT2D eigenvalue weighted by molar-refractivity contribution is 5.96. The molecule has 0 radical (unpaired) electrons. The van der Waals surface area contributed by atoms with Crippen LogP contribution < -0.4 is 15.4 Å². The second-order valence-electron chi connectivity index (χ2n) is 4.97. The van der Waals surface area contributed by atoms with E-state index in [4.69, 9.17) is 4.74 Å². The molecule has 6 heteroatoms. The molecule has 0 saturated heterocycles. The summed E-state index contributed by atoms with van der Waals surface area (Å²) in [6.07, 6.45) is 0. The van der Waals surface area contributed by atoms with Crippen molar-refractivity contribution >= 4 is 11.9 Å². The van der Waals surface area contributed by atoms with E-state index in [1.54, 1.807) is 14.0 Å². The predicted molar refractivity (Wildman–Crippen MR) is 81.3 cm³/mol. The number of urea groups is 1. The number of carbonyl (C=O) groups is 2. The first kappa shape index (κ1) is 17.0. The Labute approximate surface area is 125 Å². The quantitative estimate of drug-likeness (QED) is 0.858. The number of nitrogens with zero attached hydrogens (tertiary/aromatic N) is 1. The fourth-order valence-electron chi connectivity index (χ4n) is 1.92. The van der Waals surface area contributed by atoms with E-state index in [9.17, 15) is 9.59 Å². The van der Waals surface area contributed by atoms with Gasteiger partial charge in [-0.1, -0.05) is 17.7 Å². The van der Waals surface area contributed by atoms with Crippen LogP contribution >= 0.6 is 0 Å². The molecule has 0 bridgehead atoms. The number of nitrogens with one attached hydrogen (secondary N) is 2. The number of amides is 3. The van der Waals surface area contributed by atoms with E-state index in [1.165, 1.54) is 7.05 Å². The lowest BCUT2D eigenvalue weighted by Gasteiger charge is -2.24. The molecule has 6 nitrogen and oxygen atoms in total. The lowest BCUT2D eigenvalue weighted by atomic mass is 10.1. The third kappa shape index (κ3) is 4.75. The van der Waals surface area contributed by atoms with Crippen molar-refractivity contribution in [3.8, 4) is 5.75 Å². The number of aryl methyl sites for hydroxylation is 1. The van der Waals surface area contributed by atoms with Crippen molar-refractivity contribution < 1.29 is 14.3 Å². The normalized spacial score (nSPS) is 11.9. The molecule has 0 fully saturated rings. The predicted octanol–water partition coefficient (Wildman–Crippen LogP) is 1.28. The van der Waals surface area contributed by atoms with Crippen LogP contribution in [-0.2, 0) is 11.3 Å². The molecule has 0 saturated carbocycles. The maximum atomic E-state index is 11.9. The lowest BCUT2D eigenvalue weighted by molar-refractivity contribution is -0.124. The monoisotopic (exact) mass is 293 g/mol. The molecule has 0 aliphatic heterocycles. The molecule has 2 N–H and O–H groups in total. The Kier molecular flexibility index (Phi) is 6.17. The van der Waals surface area contributed by atoms with Crippen molar-refractivity contribution in [3.05, 3.63) is 29.3 Å². The SMILES string of the molecule is CNC(=O)NC(=O)[C@@H](C)N(C)Cc1cc(C)ccc1OC. The minimum Gasteiger partial charge on any atom is -0.496 e. The Balaban J connectivity index is 2.76. The van der Waals surface area contributed by atoms with E-state index in [2.05, 4.69) is 10.6 Å². The van der Waals surface area contributed by atoms with Gasteiger partial charge in [0.25, 0.3) is 0 Å². The van der Waals surface area contributed by atoms with E-state index in [-0.39, 0.29) is 5.91 Å². The first-order chi connectivity index (χ1) is 9.88. The van der Waals surface area contributed by atoms with Crippen molar-refractivity contribution in [3.63, 3.8) is 0 Å². The molecule has 21 heavy (non-hydrogen) atoms. The number of hydrogen-bond donors (Lipinski definition) is 2. The van der Waals surface area contributed by atoms with Gasteiger partial charge in [-0.3, -0.25) is 15.0 Å². The second kappa shape index (κ2) is 7.64. The molecule has 1 aromatic rings. The minimum atomic E-state index is -0.506. The van der Waals surface area contributed by atoms with Crippen LogP contribution in [0.15, 0.2) is 18.2 Å².